The second-order valence-electron chi connectivity index (χ2n) is 5.00. The van der Waals surface area contributed by atoms with Crippen LogP contribution in [0.15, 0.2) is 49.0 Å². The molecule has 0 unspecified atom stereocenters. The van der Waals surface area contributed by atoms with Crippen molar-refractivity contribution in [1.29, 1.82) is 0 Å². The van der Waals surface area contributed by atoms with Gasteiger partial charge >= 0.3 is 5.97 Å². The van der Waals surface area contributed by atoms with Crippen LogP contribution in [0.5, 0.6) is 0 Å². The molecule has 0 amide bonds. The van der Waals surface area contributed by atoms with Crippen molar-refractivity contribution >= 4 is 11.5 Å². The molecule has 0 saturated carbocycles. The maximum atomic E-state index is 11.7. The highest BCUT2D eigenvalue weighted by atomic mass is 16.5. The SMILES string of the molecule is C=C1c2ccccc2CCc2ccc(C(=O)OC)cc21. The highest BCUT2D eigenvalue weighted by Crippen LogP contribution is 2.32. The lowest BCUT2D eigenvalue weighted by Crippen LogP contribution is -2.03. The van der Waals surface area contributed by atoms with Crippen molar-refractivity contribution in [2.75, 3.05) is 7.11 Å². The second kappa shape index (κ2) is 4.97. The lowest BCUT2D eigenvalue weighted by molar-refractivity contribution is 0.0600. The first-order chi connectivity index (χ1) is 9.70. The van der Waals surface area contributed by atoms with E-state index in [1.54, 1.807) is 0 Å². The van der Waals surface area contributed by atoms with Gasteiger partial charge in [-0.15, -0.1) is 0 Å². The zero-order chi connectivity index (χ0) is 14.1. The third kappa shape index (κ3) is 2.03. The van der Waals surface area contributed by atoms with E-state index in [2.05, 4.69) is 24.8 Å². The first-order valence-corrected chi connectivity index (χ1v) is 6.69. The molecule has 2 nitrogen and oxygen atoms in total. The Bertz CT molecular complexity index is 698. The van der Waals surface area contributed by atoms with Gasteiger partial charge in [0.1, 0.15) is 0 Å². The number of fused-ring (bicyclic) bond motifs is 2. The molecule has 0 aliphatic heterocycles. The number of esters is 1. The van der Waals surface area contributed by atoms with Gasteiger partial charge in [-0.2, -0.15) is 0 Å². The van der Waals surface area contributed by atoms with E-state index < -0.39 is 0 Å². The maximum Gasteiger partial charge on any atom is 0.337 e. The van der Waals surface area contributed by atoms with Gasteiger partial charge in [0.05, 0.1) is 12.7 Å². The summed E-state index contributed by atoms with van der Waals surface area (Å²) in [5.41, 5.74) is 6.34. The topological polar surface area (TPSA) is 26.3 Å². The van der Waals surface area contributed by atoms with Crippen molar-refractivity contribution in [3.8, 4) is 0 Å². The summed E-state index contributed by atoms with van der Waals surface area (Å²) in [6, 6.07) is 14.1. The summed E-state index contributed by atoms with van der Waals surface area (Å²) in [7, 11) is 1.40. The number of carbonyl (C=O) groups is 1. The van der Waals surface area contributed by atoms with Gasteiger partial charge < -0.3 is 4.74 Å². The van der Waals surface area contributed by atoms with E-state index in [0.717, 1.165) is 24.0 Å². The van der Waals surface area contributed by atoms with E-state index in [4.69, 9.17) is 4.74 Å². The largest absolute Gasteiger partial charge is 0.465 e. The van der Waals surface area contributed by atoms with Crippen molar-refractivity contribution in [1.82, 2.24) is 0 Å². The van der Waals surface area contributed by atoms with Crippen LogP contribution in [0.2, 0.25) is 0 Å². The summed E-state index contributed by atoms with van der Waals surface area (Å²) in [6.45, 7) is 4.23. The van der Waals surface area contributed by atoms with Gasteiger partial charge in [-0.1, -0.05) is 36.9 Å². The standard InChI is InChI=1S/C18H16O2/c1-12-16-6-4-3-5-13(16)7-8-14-9-10-15(11-17(12)14)18(19)20-2/h3-6,9-11H,1,7-8H2,2H3. The minimum Gasteiger partial charge on any atom is -0.465 e. The molecule has 0 spiro atoms. The Balaban J connectivity index is 2.13. The first-order valence-electron chi connectivity index (χ1n) is 6.69. The molecule has 0 bridgehead atoms. The lowest BCUT2D eigenvalue weighted by Gasteiger charge is -2.11. The van der Waals surface area contributed by atoms with Crippen LogP contribution in [0.3, 0.4) is 0 Å². The van der Waals surface area contributed by atoms with Crippen LogP contribution in [-0.2, 0) is 17.6 Å². The summed E-state index contributed by atoms with van der Waals surface area (Å²) in [5.74, 6) is -0.307. The van der Waals surface area contributed by atoms with E-state index in [-0.39, 0.29) is 5.97 Å². The minimum absolute atomic E-state index is 0.307. The Morgan fingerprint density at radius 3 is 2.50 bits per heavy atom. The van der Waals surface area contributed by atoms with E-state index >= 15 is 0 Å². The summed E-state index contributed by atoms with van der Waals surface area (Å²) in [4.78, 5) is 11.7. The van der Waals surface area contributed by atoms with Crippen molar-refractivity contribution < 1.29 is 9.53 Å². The van der Waals surface area contributed by atoms with Crippen LogP contribution < -0.4 is 0 Å². The number of ether oxygens (including phenoxy) is 1. The van der Waals surface area contributed by atoms with Crippen molar-refractivity contribution in [3.05, 3.63) is 76.9 Å². The van der Waals surface area contributed by atoms with Gasteiger partial charge in [0.2, 0.25) is 0 Å². The zero-order valence-electron chi connectivity index (χ0n) is 11.5. The molecule has 0 N–H and O–H groups in total. The molecule has 1 aliphatic rings. The quantitative estimate of drug-likeness (QED) is 0.735. The number of hydrogen-bond donors (Lipinski definition) is 0. The van der Waals surface area contributed by atoms with Gasteiger partial charge in [0.15, 0.2) is 0 Å². The Kier molecular flexibility index (Phi) is 3.15. The van der Waals surface area contributed by atoms with E-state index in [1.165, 1.54) is 23.8 Å². The monoisotopic (exact) mass is 264 g/mol. The molecule has 100 valence electrons. The second-order valence-corrected chi connectivity index (χ2v) is 5.00. The third-order valence-electron chi connectivity index (χ3n) is 3.86. The zero-order valence-corrected chi connectivity index (χ0v) is 11.5. The number of methoxy groups -OCH3 is 1. The van der Waals surface area contributed by atoms with Gasteiger partial charge in [-0.25, -0.2) is 4.79 Å². The summed E-state index contributed by atoms with van der Waals surface area (Å²) < 4.78 is 4.79. The normalized spacial score (nSPS) is 13.2. The van der Waals surface area contributed by atoms with Gasteiger partial charge in [0, 0.05) is 0 Å². The summed E-state index contributed by atoms with van der Waals surface area (Å²) >= 11 is 0. The highest BCUT2D eigenvalue weighted by molar-refractivity contribution is 5.92. The predicted molar refractivity (Wildman–Crippen MR) is 79.8 cm³/mol. The molecule has 0 fully saturated rings. The molecule has 20 heavy (non-hydrogen) atoms. The van der Waals surface area contributed by atoms with Crippen LogP contribution in [0, 0.1) is 0 Å². The molecule has 0 radical (unpaired) electrons. The van der Waals surface area contributed by atoms with Crippen LogP contribution in [0.1, 0.15) is 32.6 Å². The fraction of sp³-hybridized carbons (Fsp3) is 0.167. The Labute approximate surface area is 118 Å². The number of rotatable bonds is 1. The molecular formula is C18H16O2. The van der Waals surface area contributed by atoms with E-state index in [0.29, 0.717) is 5.56 Å². The fourth-order valence-corrected chi connectivity index (χ4v) is 2.77. The Morgan fingerprint density at radius 2 is 1.75 bits per heavy atom. The minimum atomic E-state index is -0.307. The lowest BCUT2D eigenvalue weighted by atomic mass is 9.94. The van der Waals surface area contributed by atoms with E-state index in [1.807, 2.05) is 24.3 Å². The van der Waals surface area contributed by atoms with Crippen LogP contribution in [-0.4, -0.2) is 13.1 Å². The first kappa shape index (κ1) is 12.7. The predicted octanol–water partition coefficient (Wildman–Crippen LogP) is 3.63. The van der Waals surface area contributed by atoms with Crippen LogP contribution in [0.25, 0.3) is 5.57 Å². The van der Waals surface area contributed by atoms with Crippen molar-refractivity contribution in [3.63, 3.8) is 0 Å². The molecule has 1 aliphatic carbocycles. The Hall–Kier alpha value is -2.35. The van der Waals surface area contributed by atoms with Gasteiger partial charge in [0.25, 0.3) is 0 Å². The molecule has 2 aromatic carbocycles. The summed E-state index contributed by atoms with van der Waals surface area (Å²) in [6.07, 6.45) is 1.96. The maximum absolute atomic E-state index is 11.7. The number of benzene rings is 2. The van der Waals surface area contributed by atoms with Crippen LogP contribution in [0.4, 0.5) is 0 Å². The number of hydrogen-bond acceptors (Lipinski definition) is 2. The fourth-order valence-electron chi connectivity index (χ4n) is 2.77. The molecule has 0 saturated heterocycles. The van der Waals surface area contributed by atoms with Crippen LogP contribution >= 0.6 is 0 Å². The smallest absolute Gasteiger partial charge is 0.337 e. The molecule has 2 aromatic rings. The van der Waals surface area contributed by atoms with Crippen molar-refractivity contribution in [2.24, 2.45) is 0 Å². The Morgan fingerprint density at radius 1 is 1.05 bits per heavy atom. The number of aryl methyl sites for hydroxylation is 2. The van der Waals surface area contributed by atoms with E-state index in [9.17, 15) is 4.79 Å². The molecule has 2 heteroatoms. The molecule has 0 heterocycles. The summed E-state index contributed by atoms with van der Waals surface area (Å²) in [5, 5.41) is 0. The number of carbonyl (C=O) groups excluding carboxylic acids is 1. The molecule has 3 rings (SSSR count). The highest BCUT2D eigenvalue weighted by Gasteiger charge is 2.18. The van der Waals surface area contributed by atoms with Gasteiger partial charge in [-0.05, 0) is 52.8 Å². The van der Waals surface area contributed by atoms with Gasteiger partial charge in [-0.3, -0.25) is 0 Å². The molecule has 0 atom stereocenters. The average Bonchev–Trinajstić information content (AvgIpc) is 2.64. The third-order valence-corrected chi connectivity index (χ3v) is 3.86. The van der Waals surface area contributed by atoms with Crippen molar-refractivity contribution in [2.45, 2.75) is 12.8 Å². The molecular weight excluding hydrogens is 248 g/mol. The molecule has 0 aromatic heterocycles. The average molecular weight is 264 g/mol.